The Labute approximate surface area is 103 Å². The van der Waals surface area contributed by atoms with Gasteiger partial charge < -0.3 is 9.84 Å². The standard InChI is InChI=1S/C11H11N5O2/c1-18-10-3-2-8-11(15-10)7(4-5-13-8)9(17)6-14-16-12/h2-5,9,17H,6H2,1H3/t9-/m1/s1. The van der Waals surface area contributed by atoms with Crippen molar-refractivity contribution < 1.29 is 9.84 Å². The van der Waals surface area contributed by atoms with Crippen molar-refractivity contribution in [3.8, 4) is 5.88 Å². The SMILES string of the molecule is COc1ccc2nccc([C@H](O)CN=[N+]=[N-])c2n1. The second-order valence-electron chi connectivity index (χ2n) is 3.55. The summed E-state index contributed by atoms with van der Waals surface area (Å²) in [7, 11) is 1.51. The van der Waals surface area contributed by atoms with Gasteiger partial charge in [0.25, 0.3) is 0 Å². The van der Waals surface area contributed by atoms with E-state index in [9.17, 15) is 5.11 Å². The Balaban J connectivity index is 2.51. The van der Waals surface area contributed by atoms with Gasteiger partial charge in [-0.2, -0.15) is 0 Å². The molecule has 0 spiro atoms. The molecule has 1 atom stereocenters. The van der Waals surface area contributed by atoms with Gasteiger partial charge in [-0.25, -0.2) is 4.98 Å². The summed E-state index contributed by atoms with van der Waals surface area (Å²) in [4.78, 5) is 11.0. The van der Waals surface area contributed by atoms with Gasteiger partial charge in [-0.1, -0.05) is 5.11 Å². The van der Waals surface area contributed by atoms with E-state index in [-0.39, 0.29) is 6.54 Å². The number of ether oxygens (including phenoxy) is 1. The predicted molar refractivity (Wildman–Crippen MR) is 65.1 cm³/mol. The number of aliphatic hydroxyl groups is 1. The van der Waals surface area contributed by atoms with Gasteiger partial charge in [-0.15, -0.1) is 0 Å². The van der Waals surface area contributed by atoms with Gasteiger partial charge in [-0.3, -0.25) is 4.98 Å². The van der Waals surface area contributed by atoms with Crippen molar-refractivity contribution in [2.75, 3.05) is 13.7 Å². The summed E-state index contributed by atoms with van der Waals surface area (Å²) in [6.45, 7) is -0.0471. The summed E-state index contributed by atoms with van der Waals surface area (Å²) in [6.07, 6.45) is 0.663. The van der Waals surface area contributed by atoms with E-state index in [1.807, 2.05) is 0 Å². The maximum atomic E-state index is 9.94. The van der Waals surface area contributed by atoms with Gasteiger partial charge in [0.05, 0.1) is 30.8 Å². The molecule has 2 rings (SSSR count). The first-order valence-electron chi connectivity index (χ1n) is 5.25. The van der Waals surface area contributed by atoms with Gasteiger partial charge >= 0.3 is 0 Å². The first-order chi connectivity index (χ1) is 8.76. The molecule has 18 heavy (non-hydrogen) atoms. The minimum absolute atomic E-state index is 0.0471. The third-order valence-corrected chi connectivity index (χ3v) is 2.48. The Morgan fingerprint density at radius 1 is 1.50 bits per heavy atom. The third-order valence-electron chi connectivity index (χ3n) is 2.48. The quantitative estimate of drug-likeness (QED) is 0.505. The molecule has 0 unspecified atom stereocenters. The average Bonchev–Trinajstić information content (AvgIpc) is 2.43. The zero-order valence-corrected chi connectivity index (χ0v) is 9.69. The number of methoxy groups -OCH3 is 1. The fourth-order valence-corrected chi connectivity index (χ4v) is 1.62. The molecule has 1 N–H and O–H groups in total. The smallest absolute Gasteiger partial charge is 0.213 e. The number of nitrogens with zero attached hydrogens (tertiary/aromatic N) is 5. The highest BCUT2D eigenvalue weighted by atomic mass is 16.5. The van der Waals surface area contributed by atoms with Crippen LogP contribution in [0.1, 0.15) is 11.7 Å². The summed E-state index contributed by atoms with van der Waals surface area (Å²) in [5.41, 5.74) is 10.0. The molecule has 0 aliphatic carbocycles. The molecule has 7 nitrogen and oxygen atoms in total. The van der Waals surface area contributed by atoms with Crippen molar-refractivity contribution in [1.82, 2.24) is 9.97 Å². The van der Waals surface area contributed by atoms with Crippen LogP contribution in [0.15, 0.2) is 29.5 Å². The van der Waals surface area contributed by atoms with Crippen LogP contribution in [0, 0.1) is 0 Å². The maximum absolute atomic E-state index is 9.94. The molecule has 0 aliphatic heterocycles. The molecule has 7 heteroatoms. The van der Waals surface area contributed by atoms with Crippen LogP contribution >= 0.6 is 0 Å². The normalized spacial score (nSPS) is 11.9. The van der Waals surface area contributed by atoms with Crippen LogP contribution in [-0.2, 0) is 0 Å². The molecule has 0 amide bonds. The lowest BCUT2D eigenvalue weighted by Gasteiger charge is -2.10. The maximum Gasteiger partial charge on any atom is 0.213 e. The fraction of sp³-hybridized carbons (Fsp3) is 0.273. The van der Waals surface area contributed by atoms with Crippen LogP contribution in [0.25, 0.3) is 21.5 Å². The number of hydrogen-bond donors (Lipinski definition) is 1. The largest absolute Gasteiger partial charge is 0.481 e. The van der Waals surface area contributed by atoms with Gasteiger partial charge in [0.2, 0.25) is 5.88 Å². The molecular formula is C11H11N5O2. The number of hydrogen-bond acceptors (Lipinski definition) is 5. The molecular weight excluding hydrogens is 234 g/mol. The molecule has 0 bridgehead atoms. The first kappa shape index (κ1) is 12.1. The summed E-state index contributed by atoms with van der Waals surface area (Å²) < 4.78 is 5.04. The van der Waals surface area contributed by atoms with Gasteiger partial charge in [-0.05, 0) is 17.7 Å². The average molecular weight is 245 g/mol. The summed E-state index contributed by atoms with van der Waals surface area (Å²) in [5.74, 6) is 0.438. The Kier molecular flexibility index (Phi) is 3.57. The van der Waals surface area contributed by atoms with E-state index in [1.54, 1.807) is 24.4 Å². The second-order valence-corrected chi connectivity index (χ2v) is 3.55. The third kappa shape index (κ3) is 2.32. The summed E-state index contributed by atoms with van der Waals surface area (Å²) >= 11 is 0. The fourth-order valence-electron chi connectivity index (χ4n) is 1.62. The molecule has 0 aromatic carbocycles. The summed E-state index contributed by atoms with van der Waals surface area (Å²) in [5, 5.41) is 13.3. The molecule has 0 radical (unpaired) electrons. The van der Waals surface area contributed by atoms with E-state index in [4.69, 9.17) is 10.3 Å². The van der Waals surface area contributed by atoms with E-state index in [0.29, 0.717) is 22.5 Å². The number of pyridine rings is 2. The monoisotopic (exact) mass is 245 g/mol. The zero-order valence-electron chi connectivity index (χ0n) is 9.69. The molecule has 92 valence electrons. The van der Waals surface area contributed by atoms with Crippen molar-refractivity contribution in [3.63, 3.8) is 0 Å². The number of fused-ring (bicyclic) bond motifs is 1. The highest BCUT2D eigenvalue weighted by Crippen LogP contribution is 2.23. The Hall–Kier alpha value is -2.37. The summed E-state index contributed by atoms with van der Waals surface area (Å²) in [6, 6.07) is 5.09. The lowest BCUT2D eigenvalue weighted by atomic mass is 10.1. The molecule has 0 fully saturated rings. The van der Waals surface area contributed by atoms with Crippen LogP contribution in [0.5, 0.6) is 5.88 Å². The van der Waals surface area contributed by atoms with E-state index in [1.165, 1.54) is 7.11 Å². The van der Waals surface area contributed by atoms with Crippen molar-refractivity contribution in [2.45, 2.75) is 6.10 Å². The molecule has 2 heterocycles. The van der Waals surface area contributed by atoms with Crippen LogP contribution in [0.3, 0.4) is 0 Å². The molecule has 0 aliphatic rings. The number of rotatable bonds is 4. The van der Waals surface area contributed by atoms with E-state index >= 15 is 0 Å². The van der Waals surface area contributed by atoms with Gasteiger partial charge in [0.15, 0.2) is 0 Å². The number of aliphatic hydroxyl groups excluding tert-OH is 1. The molecule has 0 saturated carbocycles. The number of aromatic nitrogens is 2. The Morgan fingerprint density at radius 3 is 3.06 bits per heavy atom. The highest BCUT2D eigenvalue weighted by Gasteiger charge is 2.12. The molecule has 0 saturated heterocycles. The highest BCUT2D eigenvalue weighted by molar-refractivity contribution is 5.78. The van der Waals surface area contributed by atoms with E-state index in [2.05, 4.69) is 20.0 Å². The van der Waals surface area contributed by atoms with Crippen molar-refractivity contribution in [2.24, 2.45) is 5.11 Å². The van der Waals surface area contributed by atoms with E-state index < -0.39 is 6.10 Å². The minimum Gasteiger partial charge on any atom is -0.481 e. The second kappa shape index (κ2) is 5.31. The molecule has 2 aromatic rings. The number of azide groups is 1. The van der Waals surface area contributed by atoms with E-state index in [0.717, 1.165) is 0 Å². The topological polar surface area (TPSA) is 104 Å². The van der Waals surface area contributed by atoms with Crippen LogP contribution in [-0.4, -0.2) is 28.7 Å². The predicted octanol–water partition coefficient (Wildman–Crippen LogP) is 1.98. The Bertz CT molecular complexity index is 609. The van der Waals surface area contributed by atoms with Gasteiger partial charge in [0.1, 0.15) is 0 Å². The zero-order chi connectivity index (χ0) is 13.0. The Morgan fingerprint density at radius 2 is 2.33 bits per heavy atom. The minimum atomic E-state index is -0.911. The van der Waals surface area contributed by atoms with Crippen molar-refractivity contribution in [3.05, 3.63) is 40.4 Å². The molecule has 2 aromatic heterocycles. The van der Waals surface area contributed by atoms with Gasteiger partial charge in [0, 0.05) is 22.7 Å². The van der Waals surface area contributed by atoms with Crippen LogP contribution in [0.2, 0.25) is 0 Å². The first-order valence-corrected chi connectivity index (χ1v) is 5.25. The lowest BCUT2D eigenvalue weighted by molar-refractivity contribution is 0.188. The lowest BCUT2D eigenvalue weighted by Crippen LogP contribution is -2.03. The van der Waals surface area contributed by atoms with Crippen LogP contribution < -0.4 is 4.74 Å². The van der Waals surface area contributed by atoms with Crippen molar-refractivity contribution >= 4 is 11.0 Å². The van der Waals surface area contributed by atoms with Crippen LogP contribution in [0.4, 0.5) is 0 Å². The van der Waals surface area contributed by atoms with Crippen molar-refractivity contribution in [1.29, 1.82) is 0 Å².